The summed E-state index contributed by atoms with van der Waals surface area (Å²) in [5, 5.41) is 7.91. The van der Waals surface area contributed by atoms with Crippen LogP contribution in [0, 0.1) is 0 Å². The summed E-state index contributed by atoms with van der Waals surface area (Å²) in [4.78, 5) is 0. The highest BCUT2D eigenvalue weighted by Crippen LogP contribution is 2.27. The maximum atomic E-state index is 5.77. The first-order chi connectivity index (χ1) is 10.3. The van der Waals surface area contributed by atoms with E-state index in [-0.39, 0.29) is 6.04 Å². The minimum atomic E-state index is 0.243. The molecular weight excluding hydrogens is 262 g/mol. The quantitative estimate of drug-likeness (QED) is 0.810. The standard InChI is InChI=1S/C17H25N3O/c1-4-18-16(11-14-12-19-20(5-2)13-14)15-9-7-8-10-17(15)21-6-3/h7-10,12-13,16,18H,4-6,11H2,1-3H3. The second-order valence-corrected chi connectivity index (χ2v) is 4.99. The van der Waals surface area contributed by atoms with Crippen molar-refractivity contribution in [2.75, 3.05) is 13.2 Å². The average Bonchev–Trinajstić information content (AvgIpc) is 2.95. The molecule has 2 aromatic rings. The molecule has 1 aromatic heterocycles. The highest BCUT2D eigenvalue weighted by atomic mass is 16.5. The first-order valence-electron chi connectivity index (χ1n) is 7.74. The highest BCUT2D eigenvalue weighted by Gasteiger charge is 2.16. The van der Waals surface area contributed by atoms with Gasteiger partial charge in [0.1, 0.15) is 5.75 Å². The van der Waals surface area contributed by atoms with E-state index in [0.717, 1.165) is 25.3 Å². The van der Waals surface area contributed by atoms with Gasteiger partial charge < -0.3 is 10.1 Å². The van der Waals surface area contributed by atoms with Crippen LogP contribution >= 0.6 is 0 Å². The average molecular weight is 287 g/mol. The summed E-state index contributed by atoms with van der Waals surface area (Å²) < 4.78 is 7.73. The predicted octanol–water partition coefficient (Wildman–Crippen LogP) is 3.20. The fraction of sp³-hybridized carbons (Fsp3) is 0.471. The molecule has 0 bridgehead atoms. The lowest BCUT2D eigenvalue weighted by molar-refractivity contribution is 0.331. The van der Waals surface area contributed by atoms with E-state index in [4.69, 9.17) is 4.74 Å². The van der Waals surface area contributed by atoms with Crippen LogP contribution in [0.4, 0.5) is 0 Å². The third-order valence-corrected chi connectivity index (χ3v) is 3.50. The minimum Gasteiger partial charge on any atom is -0.494 e. The van der Waals surface area contributed by atoms with Crippen molar-refractivity contribution in [1.29, 1.82) is 0 Å². The summed E-state index contributed by atoms with van der Waals surface area (Å²) in [5.74, 6) is 0.967. The van der Waals surface area contributed by atoms with Crippen molar-refractivity contribution >= 4 is 0 Å². The molecular formula is C17H25N3O. The molecule has 0 aliphatic rings. The Morgan fingerprint density at radius 3 is 2.71 bits per heavy atom. The number of para-hydroxylation sites is 1. The normalized spacial score (nSPS) is 12.3. The van der Waals surface area contributed by atoms with Gasteiger partial charge in [-0.1, -0.05) is 25.1 Å². The van der Waals surface area contributed by atoms with Crippen molar-refractivity contribution in [2.24, 2.45) is 0 Å². The molecule has 1 heterocycles. The van der Waals surface area contributed by atoms with E-state index in [9.17, 15) is 0 Å². The Hall–Kier alpha value is -1.81. The van der Waals surface area contributed by atoms with Gasteiger partial charge in [0.25, 0.3) is 0 Å². The Labute approximate surface area is 127 Å². The number of nitrogens with one attached hydrogen (secondary N) is 1. The first-order valence-corrected chi connectivity index (χ1v) is 7.74. The van der Waals surface area contributed by atoms with Crippen LogP contribution in [-0.2, 0) is 13.0 Å². The summed E-state index contributed by atoms with van der Waals surface area (Å²) in [5.41, 5.74) is 2.46. The lowest BCUT2D eigenvalue weighted by atomic mass is 9.99. The molecule has 1 unspecified atom stereocenters. The van der Waals surface area contributed by atoms with Gasteiger partial charge in [0.2, 0.25) is 0 Å². The van der Waals surface area contributed by atoms with Crippen molar-refractivity contribution in [3.63, 3.8) is 0 Å². The Balaban J connectivity index is 2.21. The molecule has 2 rings (SSSR count). The number of likely N-dealkylation sites (N-methyl/N-ethyl adjacent to an activating group) is 1. The van der Waals surface area contributed by atoms with E-state index in [1.807, 2.05) is 29.9 Å². The molecule has 21 heavy (non-hydrogen) atoms. The molecule has 1 N–H and O–H groups in total. The lowest BCUT2D eigenvalue weighted by Gasteiger charge is -2.20. The SMILES string of the molecule is CCNC(Cc1cnn(CC)c1)c1ccccc1OCC. The molecule has 114 valence electrons. The zero-order valence-corrected chi connectivity index (χ0v) is 13.2. The summed E-state index contributed by atoms with van der Waals surface area (Å²) in [6.07, 6.45) is 4.99. The second kappa shape index (κ2) is 7.84. The van der Waals surface area contributed by atoms with Crippen LogP contribution in [0.2, 0.25) is 0 Å². The second-order valence-electron chi connectivity index (χ2n) is 4.99. The smallest absolute Gasteiger partial charge is 0.124 e. The molecule has 0 aliphatic heterocycles. The molecule has 0 radical (unpaired) electrons. The number of aryl methyl sites for hydroxylation is 1. The molecule has 1 aromatic carbocycles. The van der Waals surface area contributed by atoms with Crippen molar-refractivity contribution in [1.82, 2.24) is 15.1 Å². The van der Waals surface area contributed by atoms with E-state index in [0.29, 0.717) is 6.61 Å². The lowest BCUT2D eigenvalue weighted by Crippen LogP contribution is -2.23. The van der Waals surface area contributed by atoms with Gasteiger partial charge in [-0.15, -0.1) is 0 Å². The minimum absolute atomic E-state index is 0.243. The number of ether oxygens (including phenoxy) is 1. The molecule has 0 saturated heterocycles. The highest BCUT2D eigenvalue weighted by molar-refractivity contribution is 5.36. The monoisotopic (exact) mass is 287 g/mol. The van der Waals surface area contributed by atoms with Crippen LogP contribution in [0.25, 0.3) is 0 Å². The zero-order chi connectivity index (χ0) is 15.1. The molecule has 0 fully saturated rings. The molecule has 0 saturated carbocycles. The number of rotatable bonds is 8. The number of nitrogens with zero attached hydrogens (tertiary/aromatic N) is 2. The van der Waals surface area contributed by atoms with Crippen LogP contribution < -0.4 is 10.1 Å². The van der Waals surface area contributed by atoms with E-state index in [1.54, 1.807) is 0 Å². The summed E-state index contributed by atoms with van der Waals surface area (Å²) >= 11 is 0. The summed E-state index contributed by atoms with van der Waals surface area (Å²) in [7, 11) is 0. The fourth-order valence-electron chi connectivity index (χ4n) is 2.51. The Morgan fingerprint density at radius 2 is 2.05 bits per heavy atom. The van der Waals surface area contributed by atoms with Crippen LogP contribution in [0.1, 0.15) is 37.9 Å². The molecule has 0 spiro atoms. The van der Waals surface area contributed by atoms with Crippen molar-refractivity contribution < 1.29 is 4.74 Å². The Morgan fingerprint density at radius 1 is 1.24 bits per heavy atom. The van der Waals surface area contributed by atoms with Crippen molar-refractivity contribution in [3.05, 3.63) is 47.8 Å². The van der Waals surface area contributed by atoms with Crippen LogP contribution in [-0.4, -0.2) is 22.9 Å². The number of hydrogen-bond donors (Lipinski definition) is 1. The largest absolute Gasteiger partial charge is 0.494 e. The van der Waals surface area contributed by atoms with Gasteiger partial charge in [0, 0.05) is 24.3 Å². The maximum Gasteiger partial charge on any atom is 0.124 e. The number of hydrogen-bond acceptors (Lipinski definition) is 3. The zero-order valence-electron chi connectivity index (χ0n) is 13.2. The number of benzene rings is 1. The van der Waals surface area contributed by atoms with Crippen molar-refractivity contribution in [3.8, 4) is 5.75 Å². The third kappa shape index (κ3) is 4.08. The molecule has 1 atom stereocenters. The molecule has 4 heteroatoms. The number of aromatic nitrogens is 2. The Kier molecular flexibility index (Phi) is 5.81. The van der Waals surface area contributed by atoms with E-state index < -0.39 is 0 Å². The van der Waals surface area contributed by atoms with Gasteiger partial charge in [-0.3, -0.25) is 4.68 Å². The van der Waals surface area contributed by atoms with E-state index in [2.05, 4.69) is 42.6 Å². The van der Waals surface area contributed by atoms with E-state index >= 15 is 0 Å². The van der Waals surface area contributed by atoms with Gasteiger partial charge in [0.05, 0.1) is 12.8 Å². The van der Waals surface area contributed by atoms with Crippen LogP contribution in [0.15, 0.2) is 36.7 Å². The topological polar surface area (TPSA) is 39.1 Å². The third-order valence-electron chi connectivity index (χ3n) is 3.50. The fourth-order valence-corrected chi connectivity index (χ4v) is 2.51. The van der Waals surface area contributed by atoms with Crippen LogP contribution in [0.5, 0.6) is 5.75 Å². The Bertz CT molecular complexity index is 550. The first kappa shape index (κ1) is 15.6. The summed E-state index contributed by atoms with van der Waals surface area (Å²) in [6, 6.07) is 8.51. The molecule has 0 aliphatic carbocycles. The van der Waals surface area contributed by atoms with Gasteiger partial charge in [0.15, 0.2) is 0 Å². The predicted molar refractivity (Wildman–Crippen MR) is 85.6 cm³/mol. The van der Waals surface area contributed by atoms with Gasteiger partial charge in [-0.25, -0.2) is 0 Å². The molecule has 0 amide bonds. The van der Waals surface area contributed by atoms with E-state index in [1.165, 1.54) is 11.1 Å². The van der Waals surface area contributed by atoms with Gasteiger partial charge in [-0.05, 0) is 38.4 Å². The molecule has 4 nitrogen and oxygen atoms in total. The van der Waals surface area contributed by atoms with Gasteiger partial charge >= 0.3 is 0 Å². The van der Waals surface area contributed by atoms with Crippen LogP contribution in [0.3, 0.4) is 0 Å². The van der Waals surface area contributed by atoms with Gasteiger partial charge in [-0.2, -0.15) is 5.10 Å². The van der Waals surface area contributed by atoms with Crippen molar-refractivity contribution in [2.45, 2.75) is 39.8 Å². The maximum absolute atomic E-state index is 5.77. The summed E-state index contributed by atoms with van der Waals surface area (Å²) in [6.45, 7) is 8.76.